The summed E-state index contributed by atoms with van der Waals surface area (Å²) in [5.41, 5.74) is 0. The SMILES string of the molecule is O=C(NC1CC1)C1CCN(CCC(F)(F)F)CC1. The summed E-state index contributed by atoms with van der Waals surface area (Å²) in [6.45, 7) is 1.25. The molecule has 104 valence electrons. The molecular formula is C12H19F3N2O. The van der Waals surface area contributed by atoms with Crippen molar-refractivity contribution in [2.24, 2.45) is 5.92 Å². The Balaban J connectivity index is 1.65. The van der Waals surface area contributed by atoms with Crippen molar-refractivity contribution >= 4 is 5.91 Å². The Hall–Kier alpha value is -0.780. The number of hydrogen-bond donors (Lipinski definition) is 1. The van der Waals surface area contributed by atoms with Crippen LogP contribution in [-0.4, -0.2) is 42.7 Å². The molecule has 1 saturated heterocycles. The first-order valence-corrected chi connectivity index (χ1v) is 6.53. The normalized spacial score (nSPS) is 23.1. The van der Waals surface area contributed by atoms with E-state index in [-0.39, 0.29) is 18.4 Å². The summed E-state index contributed by atoms with van der Waals surface area (Å²) in [4.78, 5) is 13.6. The van der Waals surface area contributed by atoms with Gasteiger partial charge >= 0.3 is 6.18 Å². The second-order valence-corrected chi connectivity index (χ2v) is 5.26. The summed E-state index contributed by atoms with van der Waals surface area (Å²) in [7, 11) is 0. The molecule has 2 fully saturated rings. The van der Waals surface area contributed by atoms with E-state index in [0.717, 1.165) is 12.8 Å². The number of carbonyl (C=O) groups is 1. The number of hydrogen-bond acceptors (Lipinski definition) is 2. The first-order valence-electron chi connectivity index (χ1n) is 6.53. The zero-order chi connectivity index (χ0) is 13.2. The molecule has 18 heavy (non-hydrogen) atoms. The Kier molecular flexibility index (Phi) is 4.14. The lowest BCUT2D eigenvalue weighted by molar-refractivity contribution is -0.139. The van der Waals surface area contributed by atoms with Crippen molar-refractivity contribution in [1.82, 2.24) is 10.2 Å². The van der Waals surface area contributed by atoms with Crippen molar-refractivity contribution in [3.8, 4) is 0 Å². The van der Waals surface area contributed by atoms with E-state index < -0.39 is 12.6 Å². The average molecular weight is 264 g/mol. The fraction of sp³-hybridized carbons (Fsp3) is 0.917. The highest BCUT2D eigenvalue weighted by atomic mass is 19.4. The maximum atomic E-state index is 12.1. The number of nitrogens with zero attached hydrogens (tertiary/aromatic N) is 1. The molecule has 1 saturated carbocycles. The molecule has 2 rings (SSSR count). The van der Waals surface area contributed by atoms with Crippen LogP contribution < -0.4 is 5.32 Å². The lowest BCUT2D eigenvalue weighted by Gasteiger charge is -2.31. The monoisotopic (exact) mass is 264 g/mol. The summed E-state index contributed by atoms with van der Waals surface area (Å²) in [5.74, 6) is 0.0840. The van der Waals surface area contributed by atoms with Crippen LogP contribution in [0.2, 0.25) is 0 Å². The zero-order valence-electron chi connectivity index (χ0n) is 10.3. The van der Waals surface area contributed by atoms with Crippen LogP contribution in [0, 0.1) is 5.92 Å². The Labute approximate surface area is 105 Å². The molecular weight excluding hydrogens is 245 g/mol. The van der Waals surface area contributed by atoms with E-state index in [1.54, 1.807) is 4.90 Å². The fourth-order valence-electron chi connectivity index (χ4n) is 2.25. The second kappa shape index (κ2) is 5.47. The number of halogens is 3. The van der Waals surface area contributed by atoms with Crippen LogP contribution in [0.15, 0.2) is 0 Å². The maximum Gasteiger partial charge on any atom is 0.390 e. The molecule has 2 aliphatic rings. The number of piperidine rings is 1. The van der Waals surface area contributed by atoms with Crippen molar-refractivity contribution in [2.45, 2.75) is 44.3 Å². The van der Waals surface area contributed by atoms with Crippen LogP contribution in [0.1, 0.15) is 32.1 Å². The lowest BCUT2D eigenvalue weighted by Crippen LogP contribution is -2.42. The van der Waals surface area contributed by atoms with Crippen LogP contribution in [0.5, 0.6) is 0 Å². The summed E-state index contributed by atoms with van der Waals surface area (Å²) >= 11 is 0. The molecule has 0 radical (unpaired) electrons. The Morgan fingerprint density at radius 2 is 1.78 bits per heavy atom. The van der Waals surface area contributed by atoms with Crippen molar-refractivity contribution in [2.75, 3.05) is 19.6 Å². The number of nitrogens with one attached hydrogen (secondary N) is 1. The molecule has 0 bridgehead atoms. The summed E-state index contributed by atoms with van der Waals surface area (Å²) < 4.78 is 36.2. The molecule has 1 amide bonds. The highest BCUT2D eigenvalue weighted by Crippen LogP contribution is 2.24. The molecule has 0 spiro atoms. The van der Waals surface area contributed by atoms with Gasteiger partial charge in [-0.1, -0.05) is 0 Å². The van der Waals surface area contributed by atoms with E-state index in [2.05, 4.69) is 5.32 Å². The predicted molar refractivity (Wildman–Crippen MR) is 61.0 cm³/mol. The van der Waals surface area contributed by atoms with Crippen molar-refractivity contribution in [3.05, 3.63) is 0 Å². The quantitative estimate of drug-likeness (QED) is 0.841. The highest BCUT2D eigenvalue weighted by Gasteiger charge is 2.32. The third kappa shape index (κ3) is 4.48. The summed E-state index contributed by atoms with van der Waals surface area (Å²) in [6, 6.07) is 0.362. The third-order valence-electron chi connectivity index (χ3n) is 3.59. The lowest BCUT2D eigenvalue weighted by atomic mass is 9.96. The van der Waals surface area contributed by atoms with Gasteiger partial charge in [0, 0.05) is 18.5 Å². The van der Waals surface area contributed by atoms with Gasteiger partial charge in [0.15, 0.2) is 0 Å². The predicted octanol–water partition coefficient (Wildman–Crippen LogP) is 1.93. The molecule has 0 aromatic heterocycles. The molecule has 3 nitrogen and oxygen atoms in total. The zero-order valence-corrected chi connectivity index (χ0v) is 10.3. The molecule has 6 heteroatoms. The van der Waals surface area contributed by atoms with Gasteiger partial charge in [0.1, 0.15) is 0 Å². The van der Waals surface area contributed by atoms with E-state index in [4.69, 9.17) is 0 Å². The van der Waals surface area contributed by atoms with Crippen LogP contribution in [0.25, 0.3) is 0 Å². The van der Waals surface area contributed by atoms with Gasteiger partial charge in [0.05, 0.1) is 6.42 Å². The van der Waals surface area contributed by atoms with E-state index >= 15 is 0 Å². The maximum absolute atomic E-state index is 12.1. The van der Waals surface area contributed by atoms with Crippen molar-refractivity contribution in [1.29, 1.82) is 0 Å². The number of alkyl halides is 3. The van der Waals surface area contributed by atoms with E-state index in [9.17, 15) is 18.0 Å². The fourth-order valence-corrected chi connectivity index (χ4v) is 2.25. The van der Waals surface area contributed by atoms with Crippen molar-refractivity contribution < 1.29 is 18.0 Å². The van der Waals surface area contributed by atoms with Gasteiger partial charge < -0.3 is 10.2 Å². The third-order valence-corrected chi connectivity index (χ3v) is 3.59. The molecule has 0 unspecified atom stereocenters. The number of carbonyl (C=O) groups excluding carboxylic acids is 1. The average Bonchev–Trinajstić information content (AvgIpc) is 3.10. The Morgan fingerprint density at radius 1 is 1.17 bits per heavy atom. The van der Waals surface area contributed by atoms with E-state index in [1.807, 2.05) is 0 Å². The molecule has 1 N–H and O–H groups in total. The van der Waals surface area contributed by atoms with Crippen molar-refractivity contribution in [3.63, 3.8) is 0 Å². The van der Waals surface area contributed by atoms with Gasteiger partial charge in [-0.05, 0) is 38.8 Å². The largest absolute Gasteiger partial charge is 0.390 e. The van der Waals surface area contributed by atoms with E-state index in [0.29, 0.717) is 32.0 Å². The smallest absolute Gasteiger partial charge is 0.353 e. The minimum Gasteiger partial charge on any atom is -0.353 e. The van der Waals surface area contributed by atoms with Gasteiger partial charge in [-0.25, -0.2) is 0 Å². The van der Waals surface area contributed by atoms with E-state index in [1.165, 1.54) is 0 Å². The van der Waals surface area contributed by atoms with Crippen LogP contribution in [-0.2, 0) is 4.79 Å². The highest BCUT2D eigenvalue weighted by molar-refractivity contribution is 5.79. The van der Waals surface area contributed by atoms with Crippen LogP contribution >= 0.6 is 0 Å². The summed E-state index contributed by atoms with van der Waals surface area (Å²) in [6.07, 6.45) is -1.36. The first-order chi connectivity index (χ1) is 8.44. The topological polar surface area (TPSA) is 32.3 Å². The van der Waals surface area contributed by atoms with Gasteiger partial charge in [0.25, 0.3) is 0 Å². The Morgan fingerprint density at radius 3 is 2.28 bits per heavy atom. The molecule has 1 heterocycles. The number of amides is 1. The minimum atomic E-state index is -4.08. The first kappa shape index (κ1) is 13.6. The molecule has 0 aromatic carbocycles. The standard InChI is InChI=1S/C12H19F3N2O/c13-12(14,15)5-8-17-6-3-9(4-7-17)11(18)16-10-1-2-10/h9-10H,1-8H2,(H,16,18). The molecule has 0 atom stereocenters. The molecule has 1 aliphatic heterocycles. The summed E-state index contributed by atoms with van der Waals surface area (Å²) in [5, 5.41) is 2.96. The minimum absolute atomic E-state index is 0.00673. The Bertz CT molecular complexity index is 294. The van der Waals surface area contributed by atoms with Gasteiger partial charge in [-0.3, -0.25) is 4.79 Å². The van der Waals surface area contributed by atoms with Gasteiger partial charge in [-0.2, -0.15) is 13.2 Å². The van der Waals surface area contributed by atoms with Crippen LogP contribution in [0.3, 0.4) is 0 Å². The van der Waals surface area contributed by atoms with Gasteiger partial charge in [0.2, 0.25) is 5.91 Å². The number of rotatable bonds is 4. The van der Waals surface area contributed by atoms with Gasteiger partial charge in [-0.15, -0.1) is 0 Å². The second-order valence-electron chi connectivity index (χ2n) is 5.26. The van der Waals surface area contributed by atoms with Crippen LogP contribution in [0.4, 0.5) is 13.2 Å². The molecule has 0 aromatic rings. The number of likely N-dealkylation sites (tertiary alicyclic amines) is 1. The molecule has 1 aliphatic carbocycles.